The van der Waals surface area contributed by atoms with E-state index < -0.39 is 28.0 Å². The van der Waals surface area contributed by atoms with E-state index >= 15 is 0 Å². The highest BCUT2D eigenvalue weighted by Crippen LogP contribution is 2.21. The van der Waals surface area contributed by atoms with E-state index in [2.05, 4.69) is 4.98 Å². The molecule has 0 bridgehead atoms. The number of ether oxygens (including phenoxy) is 1. The van der Waals surface area contributed by atoms with Crippen LogP contribution < -0.4 is 10.3 Å². The first-order valence-corrected chi connectivity index (χ1v) is 9.85. The van der Waals surface area contributed by atoms with Crippen LogP contribution in [0, 0.1) is 5.82 Å². The molecule has 0 unspecified atom stereocenters. The first kappa shape index (κ1) is 20.0. The van der Waals surface area contributed by atoms with Gasteiger partial charge in [-0.1, -0.05) is 0 Å². The highest BCUT2D eigenvalue weighted by atomic mass is 32.2. The van der Waals surface area contributed by atoms with E-state index in [4.69, 9.17) is 4.74 Å². The normalized spacial score (nSPS) is 11.9. The van der Waals surface area contributed by atoms with E-state index in [1.165, 1.54) is 7.11 Å². The lowest BCUT2D eigenvalue weighted by atomic mass is 10.1. The van der Waals surface area contributed by atoms with Crippen LogP contribution in [0.3, 0.4) is 0 Å². The van der Waals surface area contributed by atoms with Crippen molar-refractivity contribution in [1.82, 2.24) is 9.29 Å². The van der Waals surface area contributed by atoms with Crippen LogP contribution in [-0.4, -0.2) is 43.1 Å². The van der Waals surface area contributed by atoms with Crippen LogP contribution in [0.1, 0.15) is 5.56 Å². The number of halogens is 1. The molecule has 1 aromatic heterocycles. The molecule has 0 atom stereocenters. The summed E-state index contributed by atoms with van der Waals surface area (Å²) in [5, 5.41) is 9.99. The lowest BCUT2D eigenvalue weighted by molar-refractivity contribution is 0.251. The van der Waals surface area contributed by atoms with E-state index in [-0.39, 0.29) is 23.5 Å². The molecule has 3 aromatic rings. The average molecular weight is 406 g/mol. The fourth-order valence-corrected chi connectivity index (χ4v) is 4.22. The number of nitrogens with zero attached hydrogens (tertiary/aromatic N) is 1. The maximum atomic E-state index is 13.1. The van der Waals surface area contributed by atoms with Gasteiger partial charge in [0.25, 0.3) is 5.56 Å². The van der Waals surface area contributed by atoms with Crippen LogP contribution in [-0.2, 0) is 16.6 Å². The lowest BCUT2D eigenvalue weighted by Gasteiger charge is -2.21. The van der Waals surface area contributed by atoms with Crippen LogP contribution in [0.25, 0.3) is 10.9 Å². The van der Waals surface area contributed by atoms with Gasteiger partial charge in [-0.15, -0.1) is 0 Å². The van der Waals surface area contributed by atoms with Gasteiger partial charge in [0, 0.05) is 29.6 Å². The van der Waals surface area contributed by atoms with Gasteiger partial charge in [0.05, 0.1) is 18.6 Å². The molecule has 2 N–H and O–H groups in total. The smallest absolute Gasteiger partial charge is 0.252 e. The van der Waals surface area contributed by atoms with E-state index in [0.717, 1.165) is 28.6 Å². The van der Waals surface area contributed by atoms with E-state index in [9.17, 15) is 22.7 Å². The standard InChI is InChI=1S/C19H19FN2O5S/c1-27-16-4-7-18-13(11-16)10-14(19(24)21-18)12-22(8-9-23)28(25,26)17-5-2-15(20)3-6-17/h2-7,10-11,23H,8-9,12H2,1H3,(H,21,24). The van der Waals surface area contributed by atoms with Crippen LogP contribution in [0.5, 0.6) is 5.75 Å². The SMILES string of the molecule is COc1ccc2[nH]c(=O)c(CN(CCO)S(=O)(=O)c3ccc(F)cc3)cc2c1. The molecular formula is C19H19FN2O5S. The van der Waals surface area contributed by atoms with E-state index in [1.807, 2.05) is 0 Å². The van der Waals surface area contributed by atoms with Crippen molar-refractivity contribution < 1.29 is 22.7 Å². The molecule has 0 aliphatic carbocycles. The molecule has 0 saturated carbocycles. The zero-order chi connectivity index (χ0) is 20.3. The molecule has 1 heterocycles. The summed E-state index contributed by atoms with van der Waals surface area (Å²) < 4.78 is 45.0. The van der Waals surface area contributed by atoms with Gasteiger partial charge < -0.3 is 14.8 Å². The number of aromatic nitrogens is 1. The summed E-state index contributed by atoms with van der Waals surface area (Å²) in [7, 11) is -2.51. The Morgan fingerprint density at radius 1 is 1.14 bits per heavy atom. The van der Waals surface area contributed by atoms with Crippen LogP contribution in [0.2, 0.25) is 0 Å². The van der Waals surface area contributed by atoms with Crippen LogP contribution in [0.15, 0.2) is 58.2 Å². The maximum Gasteiger partial charge on any atom is 0.252 e. The Morgan fingerprint density at radius 2 is 1.86 bits per heavy atom. The van der Waals surface area contributed by atoms with Crippen molar-refractivity contribution in [1.29, 1.82) is 0 Å². The van der Waals surface area contributed by atoms with Gasteiger partial charge in [-0.05, 0) is 48.5 Å². The van der Waals surface area contributed by atoms with Crippen molar-refractivity contribution in [2.24, 2.45) is 0 Å². The predicted octanol–water partition coefficient (Wildman–Crippen LogP) is 1.86. The average Bonchev–Trinajstić information content (AvgIpc) is 2.68. The number of hydrogen-bond donors (Lipinski definition) is 2. The van der Waals surface area contributed by atoms with Gasteiger partial charge in [0.15, 0.2) is 0 Å². The summed E-state index contributed by atoms with van der Waals surface area (Å²) in [6.07, 6.45) is 0. The van der Waals surface area contributed by atoms with Gasteiger partial charge in [-0.2, -0.15) is 4.31 Å². The van der Waals surface area contributed by atoms with Gasteiger partial charge in [-0.3, -0.25) is 4.79 Å². The Balaban J connectivity index is 2.01. The van der Waals surface area contributed by atoms with Crippen molar-refractivity contribution in [3.05, 3.63) is 70.3 Å². The number of sulfonamides is 1. The molecule has 3 rings (SSSR count). The summed E-state index contributed by atoms with van der Waals surface area (Å²) in [6.45, 7) is -0.891. The molecule has 148 valence electrons. The maximum absolute atomic E-state index is 13.1. The molecule has 0 saturated heterocycles. The van der Waals surface area contributed by atoms with Crippen LogP contribution in [0.4, 0.5) is 4.39 Å². The van der Waals surface area contributed by atoms with E-state index in [1.54, 1.807) is 24.3 Å². The number of pyridine rings is 1. The molecular weight excluding hydrogens is 387 g/mol. The van der Waals surface area contributed by atoms with Gasteiger partial charge in [0.1, 0.15) is 11.6 Å². The zero-order valence-electron chi connectivity index (χ0n) is 15.1. The Hall–Kier alpha value is -2.75. The second-order valence-corrected chi connectivity index (χ2v) is 8.03. The molecule has 0 spiro atoms. The third-order valence-electron chi connectivity index (χ3n) is 4.28. The summed E-state index contributed by atoms with van der Waals surface area (Å²) >= 11 is 0. The number of methoxy groups -OCH3 is 1. The second kappa shape index (κ2) is 8.09. The number of aliphatic hydroxyl groups is 1. The molecule has 7 nitrogen and oxygen atoms in total. The fraction of sp³-hybridized carbons (Fsp3) is 0.211. The minimum atomic E-state index is -4.03. The molecule has 0 amide bonds. The highest BCUT2D eigenvalue weighted by molar-refractivity contribution is 7.89. The minimum Gasteiger partial charge on any atom is -0.497 e. The number of hydrogen-bond acceptors (Lipinski definition) is 5. The summed E-state index contributed by atoms with van der Waals surface area (Å²) in [5.74, 6) is 0.0317. The summed E-state index contributed by atoms with van der Waals surface area (Å²) in [5.41, 5.74) is 0.361. The number of rotatable bonds is 7. The second-order valence-electron chi connectivity index (χ2n) is 6.09. The molecule has 0 aliphatic heterocycles. The van der Waals surface area contributed by atoms with Crippen molar-refractivity contribution >= 4 is 20.9 Å². The topological polar surface area (TPSA) is 99.7 Å². The Labute approximate surface area is 161 Å². The number of fused-ring (bicyclic) bond motifs is 1. The molecule has 2 aromatic carbocycles. The first-order chi connectivity index (χ1) is 13.3. The Bertz CT molecular complexity index is 1140. The van der Waals surface area contributed by atoms with Crippen molar-refractivity contribution in [3.63, 3.8) is 0 Å². The Kier molecular flexibility index (Phi) is 5.78. The van der Waals surface area contributed by atoms with Gasteiger partial charge in [0.2, 0.25) is 10.0 Å². The zero-order valence-corrected chi connectivity index (χ0v) is 15.9. The number of benzene rings is 2. The van der Waals surface area contributed by atoms with Gasteiger partial charge >= 0.3 is 0 Å². The summed E-state index contributed by atoms with van der Waals surface area (Å²) in [6, 6.07) is 11.1. The number of aromatic amines is 1. The monoisotopic (exact) mass is 406 g/mol. The number of H-pyrrole nitrogens is 1. The predicted molar refractivity (Wildman–Crippen MR) is 102 cm³/mol. The first-order valence-electron chi connectivity index (χ1n) is 8.41. The van der Waals surface area contributed by atoms with Crippen LogP contribution >= 0.6 is 0 Å². The van der Waals surface area contributed by atoms with Crippen molar-refractivity contribution in [2.75, 3.05) is 20.3 Å². The van der Waals surface area contributed by atoms with Gasteiger partial charge in [-0.25, -0.2) is 12.8 Å². The number of nitrogens with one attached hydrogen (secondary N) is 1. The minimum absolute atomic E-state index is 0.124. The number of aliphatic hydroxyl groups excluding tert-OH is 1. The van der Waals surface area contributed by atoms with E-state index in [0.29, 0.717) is 16.7 Å². The Morgan fingerprint density at radius 3 is 2.50 bits per heavy atom. The third kappa shape index (κ3) is 4.06. The van der Waals surface area contributed by atoms with Crippen molar-refractivity contribution in [2.45, 2.75) is 11.4 Å². The molecule has 9 heteroatoms. The fourth-order valence-electron chi connectivity index (χ4n) is 2.82. The molecule has 0 radical (unpaired) electrons. The molecule has 28 heavy (non-hydrogen) atoms. The lowest BCUT2D eigenvalue weighted by Crippen LogP contribution is -2.35. The molecule has 0 fully saturated rings. The largest absolute Gasteiger partial charge is 0.497 e. The molecule has 0 aliphatic rings. The third-order valence-corrected chi connectivity index (χ3v) is 6.14. The quantitative estimate of drug-likeness (QED) is 0.624. The van der Waals surface area contributed by atoms with Crippen molar-refractivity contribution in [3.8, 4) is 5.75 Å². The highest BCUT2D eigenvalue weighted by Gasteiger charge is 2.25. The summed E-state index contributed by atoms with van der Waals surface area (Å²) in [4.78, 5) is 15.0.